The fraction of sp³-hybridized carbons (Fsp3) is 0.188. The molecule has 0 heterocycles. The number of nitrogens with two attached hydrogens (primary N) is 1. The second-order valence-corrected chi connectivity index (χ2v) is 4.89. The van der Waals surface area contributed by atoms with E-state index in [4.69, 9.17) is 10.5 Å². The molecule has 2 rings (SSSR count). The quantitative estimate of drug-likeness (QED) is 0.463. The molecule has 0 spiro atoms. The van der Waals surface area contributed by atoms with E-state index in [0.29, 0.717) is 18.8 Å². The zero-order valence-corrected chi connectivity index (χ0v) is 12.6. The number of nitro groups is 1. The average molecular weight is 315 g/mol. The molecule has 0 aromatic heterocycles. The zero-order chi connectivity index (χ0) is 16.8. The topological polar surface area (TPSA) is 107 Å². The van der Waals surface area contributed by atoms with Crippen molar-refractivity contribution in [2.75, 3.05) is 18.5 Å². The van der Waals surface area contributed by atoms with Gasteiger partial charge in [0.2, 0.25) is 5.91 Å². The molecule has 23 heavy (non-hydrogen) atoms. The first kappa shape index (κ1) is 16.3. The van der Waals surface area contributed by atoms with Crippen LogP contribution >= 0.6 is 0 Å². The van der Waals surface area contributed by atoms with Crippen LogP contribution in [0.3, 0.4) is 0 Å². The molecular weight excluding hydrogens is 298 g/mol. The highest BCUT2D eigenvalue weighted by Gasteiger charge is 2.16. The van der Waals surface area contributed by atoms with Crippen LogP contribution in [-0.4, -0.2) is 24.0 Å². The summed E-state index contributed by atoms with van der Waals surface area (Å²) >= 11 is 0. The normalized spacial score (nSPS) is 10.1. The number of nitrogens with one attached hydrogen (secondary N) is 1. The second-order valence-electron chi connectivity index (χ2n) is 4.89. The molecular formula is C16H17N3O4. The lowest BCUT2D eigenvalue weighted by Gasteiger charge is -2.11. The summed E-state index contributed by atoms with van der Waals surface area (Å²) in [4.78, 5) is 21.6. The molecule has 0 atom stereocenters. The molecule has 3 N–H and O–H groups in total. The number of primary amides is 1. The first-order valence-corrected chi connectivity index (χ1v) is 6.99. The van der Waals surface area contributed by atoms with Gasteiger partial charge in [-0.25, -0.2) is 0 Å². The minimum Gasteiger partial charge on any atom is -0.491 e. The van der Waals surface area contributed by atoms with Gasteiger partial charge in [-0.15, -0.1) is 0 Å². The lowest BCUT2D eigenvalue weighted by molar-refractivity contribution is -0.384. The number of carbonyl (C=O) groups is 1. The Kier molecular flexibility index (Phi) is 5.14. The summed E-state index contributed by atoms with van der Waals surface area (Å²) < 4.78 is 5.61. The molecule has 7 nitrogen and oxygen atoms in total. The number of carbonyl (C=O) groups excluding carboxylic acids is 1. The highest BCUT2D eigenvalue weighted by Crippen LogP contribution is 2.25. The van der Waals surface area contributed by atoms with Crippen molar-refractivity contribution in [2.24, 2.45) is 5.73 Å². The van der Waals surface area contributed by atoms with Crippen LogP contribution in [0.15, 0.2) is 42.5 Å². The third-order valence-corrected chi connectivity index (χ3v) is 3.25. The van der Waals surface area contributed by atoms with Gasteiger partial charge in [0.1, 0.15) is 18.0 Å². The average Bonchev–Trinajstić information content (AvgIpc) is 2.52. The molecule has 0 saturated carbocycles. The minimum absolute atomic E-state index is 0.0958. The predicted octanol–water partition coefficient (Wildman–Crippen LogP) is 2.49. The van der Waals surface area contributed by atoms with Gasteiger partial charge in [0, 0.05) is 18.2 Å². The Labute approximate surface area is 133 Å². The summed E-state index contributed by atoms with van der Waals surface area (Å²) in [5, 5.41) is 14.0. The highest BCUT2D eigenvalue weighted by molar-refractivity contribution is 5.94. The van der Waals surface area contributed by atoms with Gasteiger partial charge in [-0.3, -0.25) is 14.9 Å². The van der Waals surface area contributed by atoms with Gasteiger partial charge in [-0.1, -0.05) is 18.2 Å². The lowest BCUT2D eigenvalue weighted by atomic mass is 10.1. The van der Waals surface area contributed by atoms with Crippen LogP contribution in [0.2, 0.25) is 0 Å². The monoisotopic (exact) mass is 315 g/mol. The largest absolute Gasteiger partial charge is 0.491 e. The van der Waals surface area contributed by atoms with Crippen molar-refractivity contribution < 1.29 is 14.5 Å². The highest BCUT2D eigenvalue weighted by atomic mass is 16.6. The van der Waals surface area contributed by atoms with E-state index in [9.17, 15) is 14.9 Å². The summed E-state index contributed by atoms with van der Waals surface area (Å²) in [6.07, 6.45) is 0. The molecule has 0 fully saturated rings. The second kappa shape index (κ2) is 7.26. The zero-order valence-electron chi connectivity index (χ0n) is 12.6. The molecule has 0 aliphatic carbocycles. The molecule has 0 radical (unpaired) electrons. The van der Waals surface area contributed by atoms with Crippen LogP contribution < -0.4 is 15.8 Å². The summed E-state index contributed by atoms with van der Waals surface area (Å²) in [7, 11) is 0. The van der Waals surface area contributed by atoms with Crippen molar-refractivity contribution in [3.8, 4) is 5.75 Å². The van der Waals surface area contributed by atoms with E-state index in [2.05, 4.69) is 5.32 Å². The molecule has 2 aromatic rings. The third-order valence-electron chi connectivity index (χ3n) is 3.25. The number of hydrogen-bond donors (Lipinski definition) is 2. The van der Waals surface area contributed by atoms with Gasteiger partial charge in [0.15, 0.2) is 0 Å². The van der Waals surface area contributed by atoms with E-state index in [1.54, 1.807) is 0 Å². The Hall–Kier alpha value is -3.09. The van der Waals surface area contributed by atoms with Crippen LogP contribution in [0.4, 0.5) is 11.4 Å². The number of nitrogens with zero attached hydrogens (tertiary/aromatic N) is 1. The Morgan fingerprint density at radius 3 is 2.70 bits per heavy atom. The van der Waals surface area contributed by atoms with E-state index >= 15 is 0 Å². The summed E-state index contributed by atoms with van der Waals surface area (Å²) in [5.74, 6) is 0.0652. The Morgan fingerprint density at radius 2 is 2.04 bits per heavy atom. The summed E-state index contributed by atoms with van der Waals surface area (Å²) in [5.41, 5.74) is 6.36. The molecule has 2 aromatic carbocycles. The number of anilines is 1. The SMILES string of the molecule is Cc1ccccc1OCCNc1ccc(C(N)=O)cc1[N+](=O)[O-]. The number of aryl methyl sites for hydroxylation is 1. The van der Waals surface area contributed by atoms with Crippen molar-refractivity contribution >= 4 is 17.3 Å². The van der Waals surface area contributed by atoms with Crippen molar-refractivity contribution in [3.05, 3.63) is 63.7 Å². The maximum absolute atomic E-state index is 11.1. The number of benzene rings is 2. The fourth-order valence-electron chi connectivity index (χ4n) is 2.05. The molecule has 120 valence electrons. The molecule has 7 heteroatoms. The Morgan fingerprint density at radius 1 is 1.30 bits per heavy atom. The van der Waals surface area contributed by atoms with Crippen LogP contribution in [0.25, 0.3) is 0 Å². The predicted molar refractivity (Wildman–Crippen MR) is 86.8 cm³/mol. The first-order valence-electron chi connectivity index (χ1n) is 6.99. The van der Waals surface area contributed by atoms with E-state index < -0.39 is 10.8 Å². The number of nitro benzene ring substituents is 1. The Bertz CT molecular complexity index is 731. The van der Waals surface area contributed by atoms with Crippen LogP contribution in [0.1, 0.15) is 15.9 Å². The molecule has 1 amide bonds. The van der Waals surface area contributed by atoms with Crippen molar-refractivity contribution in [1.82, 2.24) is 0 Å². The van der Waals surface area contributed by atoms with Crippen molar-refractivity contribution in [3.63, 3.8) is 0 Å². The van der Waals surface area contributed by atoms with Crippen LogP contribution in [-0.2, 0) is 0 Å². The molecule has 0 unspecified atom stereocenters. The van der Waals surface area contributed by atoms with E-state index in [1.165, 1.54) is 12.1 Å². The fourth-order valence-corrected chi connectivity index (χ4v) is 2.05. The number of ether oxygens (including phenoxy) is 1. The van der Waals surface area contributed by atoms with Gasteiger partial charge in [-0.05, 0) is 30.7 Å². The van der Waals surface area contributed by atoms with Gasteiger partial charge in [-0.2, -0.15) is 0 Å². The summed E-state index contributed by atoms with van der Waals surface area (Å²) in [6.45, 7) is 2.67. The van der Waals surface area contributed by atoms with Crippen molar-refractivity contribution in [2.45, 2.75) is 6.92 Å². The summed E-state index contributed by atoms with van der Waals surface area (Å²) in [6, 6.07) is 11.7. The van der Waals surface area contributed by atoms with Crippen LogP contribution in [0, 0.1) is 17.0 Å². The van der Waals surface area contributed by atoms with Crippen molar-refractivity contribution in [1.29, 1.82) is 0 Å². The van der Waals surface area contributed by atoms with Crippen LogP contribution in [0.5, 0.6) is 5.75 Å². The number of hydrogen-bond acceptors (Lipinski definition) is 5. The standard InChI is InChI=1S/C16H17N3O4/c1-11-4-2-3-5-15(11)23-9-8-18-13-7-6-12(16(17)20)10-14(13)19(21)22/h2-7,10,18H,8-9H2,1H3,(H2,17,20). The van der Waals surface area contributed by atoms with E-state index in [1.807, 2.05) is 31.2 Å². The van der Waals surface area contributed by atoms with E-state index in [-0.39, 0.29) is 11.3 Å². The van der Waals surface area contributed by atoms with Gasteiger partial charge in [0.25, 0.3) is 5.69 Å². The van der Waals surface area contributed by atoms with Gasteiger partial charge >= 0.3 is 0 Å². The molecule has 0 aliphatic rings. The lowest BCUT2D eigenvalue weighted by Crippen LogP contribution is -2.14. The number of rotatable bonds is 7. The molecule has 0 saturated heterocycles. The maximum atomic E-state index is 11.1. The number of amides is 1. The van der Waals surface area contributed by atoms with E-state index in [0.717, 1.165) is 17.4 Å². The minimum atomic E-state index is -0.706. The van der Waals surface area contributed by atoms with Gasteiger partial charge in [0.05, 0.1) is 4.92 Å². The Balaban J connectivity index is 1.99. The first-order chi connectivity index (χ1) is 11.0. The molecule has 0 bridgehead atoms. The third kappa shape index (κ3) is 4.19. The number of para-hydroxylation sites is 1. The smallest absolute Gasteiger partial charge is 0.293 e. The van der Waals surface area contributed by atoms with Gasteiger partial charge < -0.3 is 15.8 Å². The maximum Gasteiger partial charge on any atom is 0.293 e. The molecule has 0 aliphatic heterocycles.